The van der Waals surface area contributed by atoms with E-state index in [0.29, 0.717) is 6.42 Å². The molecule has 1 unspecified atom stereocenters. The lowest BCUT2D eigenvalue weighted by Gasteiger charge is -2.14. The largest absolute Gasteiger partial charge is 0.451 e. The molecule has 4 heteroatoms. The quantitative estimate of drug-likeness (QED) is 0.270. The van der Waals surface area contributed by atoms with Crippen molar-refractivity contribution < 1.29 is 14.3 Å². The van der Waals surface area contributed by atoms with Crippen molar-refractivity contribution in [3.8, 4) is 0 Å². The minimum atomic E-state index is -0.398. The molecule has 1 rings (SSSR count). The van der Waals surface area contributed by atoms with Gasteiger partial charge >= 0.3 is 5.97 Å². The molecule has 1 fully saturated rings. The molecule has 50 valence electrons. The van der Waals surface area contributed by atoms with Crippen molar-refractivity contribution in [2.75, 3.05) is 0 Å². The molecule has 1 saturated heterocycles. The number of Topliss-reactive ketones (excluding diaryl/α,β-unsaturated/α-hetero) is 1. The number of ether oxygens (including phenoxy) is 1. The van der Waals surface area contributed by atoms with Gasteiger partial charge in [0.25, 0.3) is 0 Å². The second kappa shape index (κ2) is 2.64. The van der Waals surface area contributed by atoms with Gasteiger partial charge in [-0.3, -0.25) is 9.59 Å². The number of alkyl halides is 1. The molecule has 0 amide bonds. The maximum absolute atomic E-state index is 10.6. The number of halogens is 1. The first-order chi connectivity index (χ1) is 4.18. The van der Waals surface area contributed by atoms with E-state index in [1.165, 1.54) is 0 Å². The average molecular weight is 240 g/mol. The molecule has 1 aliphatic heterocycles. The molecule has 1 atom stereocenters. The molecule has 3 nitrogen and oxygen atoms in total. The van der Waals surface area contributed by atoms with E-state index < -0.39 is 5.97 Å². The average Bonchev–Trinajstić information content (AvgIpc) is 1.59. The number of cyclic esters (lactones) is 1. The van der Waals surface area contributed by atoms with E-state index in [2.05, 4.69) is 4.74 Å². The zero-order valence-electron chi connectivity index (χ0n) is 4.59. The van der Waals surface area contributed by atoms with Crippen molar-refractivity contribution in [3.63, 3.8) is 0 Å². The standard InChI is InChI=1S/C5H5IO3/c6-4-1-3(7)2-5(8)9-4/h4H,1-2H2. The van der Waals surface area contributed by atoms with Crippen molar-refractivity contribution >= 4 is 34.3 Å². The van der Waals surface area contributed by atoms with Gasteiger partial charge in [-0.1, -0.05) is 0 Å². The van der Waals surface area contributed by atoms with Crippen LogP contribution in [0.4, 0.5) is 0 Å². The second-order valence-electron chi connectivity index (χ2n) is 1.82. The molecule has 9 heavy (non-hydrogen) atoms. The molecular weight excluding hydrogens is 235 g/mol. The molecule has 0 aliphatic carbocycles. The Kier molecular flexibility index (Phi) is 2.05. The Bertz CT molecular complexity index is 138. The van der Waals surface area contributed by atoms with Crippen LogP contribution in [0, 0.1) is 0 Å². The monoisotopic (exact) mass is 240 g/mol. The fourth-order valence-corrected chi connectivity index (χ4v) is 1.41. The van der Waals surface area contributed by atoms with Gasteiger partial charge in [0, 0.05) is 0 Å². The van der Waals surface area contributed by atoms with Crippen LogP contribution < -0.4 is 0 Å². The summed E-state index contributed by atoms with van der Waals surface area (Å²) in [6.07, 6.45) is 0.325. The fraction of sp³-hybridized carbons (Fsp3) is 0.600. The first-order valence-corrected chi connectivity index (χ1v) is 3.78. The fourth-order valence-electron chi connectivity index (χ4n) is 0.638. The van der Waals surface area contributed by atoms with Gasteiger partial charge in [0.2, 0.25) is 0 Å². The first-order valence-electron chi connectivity index (χ1n) is 2.54. The van der Waals surface area contributed by atoms with Crippen LogP contribution in [0.5, 0.6) is 0 Å². The summed E-state index contributed by atoms with van der Waals surface area (Å²) in [6.45, 7) is 0. The van der Waals surface area contributed by atoms with Crippen molar-refractivity contribution in [1.82, 2.24) is 0 Å². The highest BCUT2D eigenvalue weighted by Crippen LogP contribution is 2.15. The number of rotatable bonds is 0. The zero-order chi connectivity index (χ0) is 6.85. The van der Waals surface area contributed by atoms with E-state index in [1.807, 2.05) is 22.6 Å². The highest BCUT2D eigenvalue weighted by atomic mass is 127. The van der Waals surface area contributed by atoms with Crippen LogP contribution in [0.15, 0.2) is 0 Å². The van der Waals surface area contributed by atoms with E-state index in [4.69, 9.17) is 0 Å². The highest BCUT2D eigenvalue weighted by molar-refractivity contribution is 14.1. The Hall–Kier alpha value is -0.130. The second-order valence-corrected chi connectivity index (χ2v) is 3.21. The molecule has 0 radical (unpaired) electrons. The molecule has 0 aromatic heterocycles. The molecule has 0 aromatic rings. The summed E-state index contributed by atoms with van der Waals surface area (Å²) < 4.78 is 4.44. The van der Waals surface area contributed by atoms with Crippen LogP contribution in [0.2, 0.25) is 0 Å². The van der Waals surface area contributed by atoms with E-state index in [-0.39, 0.29) is 16.3 Å². The number of hydrogen-bond donors (Lipinski definition) is 0. The maximum atomic E-state index is 10.6. The number of hydrogen-bond acceptors (Lipinski definition) is 3. The molecule has 0 N–H and O–H groups in total. The number of ketones is 1. The highest BCUT2D eigenvalue weighted by Gasteiger charge is 2.23. The SMILES string of the molecule is O=C1CC(=O)OC(I)C1. The van der Waals surface area contributed by atoms with Crippen LogP contribution in [-0.4, -0.2) is 15.9 Å². The summed E-state index contributed by atoms with van der Waals surface area (Å²) in [7, 11) is 0. The third-order valence-corrected chi connectivity index (χ3v) is 1.68. The Balaban J connectivity index is 2.53. The molecule has 0 bridgehead atoms. The normalized spacial score (nSPS) is 27.9. The van der Waals surface area contributed by atoms with Gasteiger partial charge < -0.3 is 4.74 Å². The van der Waals surface area contributed by atoms with Gasteiger partial charge in [-0.05, 0) is 22.6 Å². The predicted molar refractivity (Wildman–Crippen MR) is 38.1 cm³/mol. The topological polar surface area (TPSA) is 43.4 Å². The Morgan fingerprint density at radius 1 is 1.56 bits per heavy atom. The number of carbonyl (C=O) groups excluding carboxylic acids is 2. The molecule has 1 heterocycles. The zero-order valence-corrected chi connectivity index (χ0v) is 6.75. The minimum absolute atomic E-state index is 0.0225. The Morgan fingerprint density at radius 2 is 2.22 bits per heavy atom. The number of esters is 1. The van der Waals surface area contributed by atoms with Crippen LogP contribution in [-0.2, 0) is 14.3 Å². The summed E-state index contributed by atoms with van der Waals surface area (Å²) in [5, 5.41) is 0. The summed E-state index contributed by atoms with van der Waals surface area (Å²) in [5.74, 6) is -0.420. The van der Waals surface area contributed by atoms with Crippen LogP contribution in [0.1, 0.15) is 12.8 Å². The molecule has 0 saturated carbocycles. The molecular formula is C5H5IO3. The number of carbonyl (C=O) groups is 2. The predicted octanol–water partition coefficient (Wildman–Crippen LogP) is 0.654. The smallest absolute Gasteiger partial charge is 0.314 e. The van der Waals surface area contributed by atoms with E-state index in [9.17, 15) is 9.59 Å². The third-order valence-electron chi connectivity index (χ3n) is 0.989. The van der Waals surface area contributed by atoms with Crippen LogP contribution >= 0.6 is 22.6 Å². The molecule has 1 aliphatic rings. The lowest BCUT2D eigenvalue weighted by Crippen LogP contribution is -2.25. The summed E-state index contributed by atoms with van der Waals surface area (Å²) in [5.41, 5.74) is 0. The summed E-state index contributed by atoms with van der Waals surface area (Å²) in [4.78, 5) is 21.0. The van der Waals surface area contributed by atoms with Gasteiger partial charge in [-0.2, -0.15) is 0 Å². The molecule has 0 spiro atoms. The van der Waals surface area contributed by atoms with Gasteiger partial charge in [-0.15, -0.1) is 0 Å². The third kappa shape index (κ3) is 1.92. The van der Waals surface area contributed by atoms with Crippen molar-refractivity contribution in [3.05, 3.63) is 0 Å². The minimum Gasteiger partial charge on any atom is -0.451 e. The van der Waals surface area contributed by atoms with E-state index >= 15 is 0 Å². The summed E-state index contributed by atoms with van der Waals surface area (Å²) >= 11 is 1.92. The first kappa shape index (κ1) is 6.98. The van der Waals surface area contributed by atoms with Crippen molar-refractivity contribution in [1.29, 1.82) is 0 Å². The maximum Gasteiger partial charge on any atom is 0.314 e. The van der Waals surface area contributed by atoms with Gasteiger partial charge in [0.15, 0.2) is 4.11 Å². The lowest BCUT2D eigenvalue weighted by molar-refractivity contribution is -0.152. The van der Waals surface area contributed by atoms with Gasteiger partial charge in [0.05, 0.1) is 6.42 Å². The van der Waals surface area contributed by atoms with Gasteiger partial charge in [0.1, 0.15) is 12.2 Å². The van der Waals surface area contributed by atoms with Crippen molar-refractivity contribution in [2.24, 2.45) is 0 Å². The van der Waals surface area contributed by atoms with E-state index in [0.717, 1.165) is 0 Å². The van der Waals surface area contributed by atoms with Gasteiger partial charge in [-0.25, -0.2) is 0 Å². The molecule has 0 aromatic carbocycles. The lowest BCUT2D eigenvalue weighted by atomic mass is 10.2. The van der Waals surface area contributed by atoms with Crippen LogP contribution in [0.25, 0.3) is 0 Å². The Morgan fingerprint density at radius 3 is 2.67 bits per heavy atom. The Labute approximate surface area is 65.9 Å². The van der Waals surface area contributed by atoms with Crippen molar-refractivity contribution in [2.45, 2.75) is 17.0 Å². The van der Waals surface area contributed by atoms with E-state index in [1.54, 1.807) is 0 Å². The summed E-state index contributed by atoms with van der Waals surface area (Å²) in [6, 6.07) is 0. The van der Waals surface area contributed by atoms with Crippen LogP contribution in [0.3, 0.4) is 0 Å².